The van der Waals surface area contributed by atoms with Gasteiger partial charge >= 0.3 is 5.97 Å². The first-order valence-electron chi connectivity index (χ1n) is 13.8. The number of carbonyl (C=O) groups is 2. The van der Waals surface area contributed by atoms with Gasteiger partial charge in [0.05, 0.1) is 13.2 Å². The van der Waals surface area contributed by atoms with Crippen LogP contribution in [0.4, 0.5) is 0 Å². The van der Waals surface area contributed by atoms with E-state index in [4.69, 9.17) is 4.74 Å². The second-order valence-electron chi connectivity index (χ2n) is 9.95. The average molecular weight is 523 g/mol. The Kier molecular flexibility index (Phi) is 10.5. The van der Waals surface area contributed by atoms with Crippen molar-refractivity contribution in [2.75, 3.05) is 7.11 Å². The van der Waals surface area contributed by atoms with Crippen molar-refractivity contribution in [1.29, 1.82) is 0 Å². The Hall–Kier alpha value is -4.12. The van der Waals surface area contributed by atoms with E-state index in [1.807, 2.05) is 36.4 Å². The van der Waals surface area contributed by atoms with Crippen LogP contribution >= 0.6 is 0 Å². The third-order valence-electron chi connectivity index (χ3n) is 6.98. The molecule has 5 nitrogen and oxygen atoms in total. The number of ether oxygens (including phenoxy) is 1. The van der Waals surface area contributed by atoms with Gasteiger partial charge in [0.1, 0.15) is 0 Å². The van der Waals surface area contributed by atoms with Crippen molar-refractivity contribution in [2.45, 2.75) is 57.5 Å². The number of aryl methyl sites for hydroxylation is 1. The zero-order valence-electron chi connectivity index (χ0n) is 22.7. The van der Waals surface area contributed by atoms with E-state index in [0.29, 0.717) is 12.8 Å². The molecule has 0 aliphatic heterocycles. The van der Waals surface area contributed by atoms with Gasteiger partial charge in [-0.25, -0.2) is 4.79 Å². The van der Waals surface area contributed by atoms with Crippen molar-refractivity contribution < 1.29 is 14.3 Å². The van der Waals surface area contributed by atoms with Gasteiger partial charge in [-0.3, -0.25) is 4.79 Å². The Morgan fingerprint density at radius 3 is 2.26 bits per heavy atom. The van der Waals surface area contributed by atoms with Gasteiger partial charge in [0.2, 0.25) is 5.91 Å². The molecule has 4 rings (SSSR count). The minimum atomic E-state index is -0.431. The third-order valence-corrected chi connectivity index (χ3v) is 6.98. The number of unbranched alkanes of at least 4 members (excludes halogenated alkanes) is 3. The summed E-state index contributed by atoms with van der Waals surface area (Å²) in [6, 6.07) is 28.9. The molecule has 39 heavy (non-hydrogen) atoms. The maximum Gasteiger partial charge on any atom is 0.330 e. The van der Waals surface area contributed by atoms with Crippen LogP contribution in [-0.4, -0.2) is 29.6 Å². The second-order valence-corrected chi connectivity index (χ2v) is 9.95. The molecule has 0 aliphatic carbocycles. The molecular weight excluding hydrogens is 484 g/mol. The normalized spacial score (nSPS) is 12.0. The summed E-state index contributed by atoms with van der Waals surface area (Å²) >= 11 is 0. The molecule has 5 heteroatoms. The fraction of sp³-hybridized carbons (Fsp3) is 0.294. The molecule has 1 atom stereocenters. The van der Waals surface area contributed by atoms with Gasteiger partial charge in [-0.05, 0) is 48.4 Å². The molecule has 0 unspecified atom stereocenters. The predicted molar refractivity (Wildman–Crippen MR) is 158 cm³/mol. The number of hydrogen-bond acceptors (Lipinski definition) is 3. The van der Waals surface area contributed by atoms with E-state index < -0.39 is 5.97 Å². The Morgan fingerprint density at radius 2 is 1.51 bits per heavy atom. The van der Waals surface area contributed by atoms with Gasteiger partial charge in [0, 0.05) is 36.1 Å². The molecule has 202 valence electrons. The molecule has 0 saturated heterocycles. The molecule has 3 aromatic carbocycles. The molecule has 0 aliphatic rings. The van der Waals surface area contributed by atoms with Crippen LogP contribution in [0.25, 0.3) is 10.9 Å². The van der Waals surface area contributed by atoms with Crippen molar-refractivity contribution in [2.24, 2.45) is 0 Å². The maximum absolute atomic E-state index is 12.9. The van der Waals surface area contributed by atoms with E-state index in [1.165, 1.54) is 24.3 Å². The highest BCUT2D eigenvalue weighted by atomic mass is 16.5. The number of nitrogens with zero attached hydrogens (tertiary/aromatic N) is 1. The van der Waals surface area contributed by atoms with Crippen molar-refractivity contribution in [3.05, 3.63) is 120 Å². The molecule has 1 heterocycles. The zero-order chi connectivity index (χ0) is 27.3. The number of benzene rings is 3. The van der Waals surface area contributed by atoms with E-state index in [0.717, 1.165) is 55.1 Å². The van der Waals surface area contributed by atoms with Crippen LogP contribution in [0.2, 0.25) is 0 Å². The summed E-state index contributed by atoms with van der Waals surface area (Å²) in [6.45, 7) is 0.765. The van der Waals surface area contributed by atoms with Crippen LogP contribution in [0.3, 0.4) is 0 Å². The monoisotopic (exact) mass is 522 g/mol. The number of carbonyl (C=O) groups excluding carboxylic acids is 2. The highest BCUT2D eigenvalue weighted by Gasteiger charge is 2.16. The molecule has 1 aromatic heterocycles. The summed E-state index contributed by atoms with van der Waals surface area (Å²) < 4.78 is 7.04. The number of hydrogen-bond donors (Lipinski definition) is 1. The summed E-state index contributed by atoms with van der Waals surface area (Å²) in [5.74, 6) is -0.426. The van der Waals surface area contributed by atoms with Gasteiger partial charge in [-0.1, -0.05) is 97.8 Å². The van der Waals surface area contributed by atoms with Crippen molar-refractivity contribution in [3.63, 3.8) is 0 Å². The van der Waals surface area contributed by atoms with Gasteiger partial charge in [-0.2, -0.15) is 0 Å². The summed E-state index contributed by atoms with van der Waals surface area (Å²) in [4.78, 5) is 24.7. The fourth-order valence-electron chi connectivity index (χ4n) is 4.96. The van der Waals surface area contributed by atoms with Gasteiger partial charge < -0.3 is 14.6 Å². The smallest absolute Gasteiger partial charge is 0.330 e. The first-order chi connectivity index (χ1) is 19.1. The predicted octanol–water partition coefficient (Wildman–Crippen LogP) is 6.64. The molecule has 0 fully saturated rings. The Morgan fingerprint density at radius 1 is 0.846 bits per heavy atom. The van der Waals surface area contributed by atoms with E-state index in [2.05, 4.69) is 64.6 Å². The van der Waals surface area contributed by atoms with Crippen molar-refractivity contribution >= 4 is 22.8 Å². The lowest BCUT2D eigenvalue weighted by molar-refractivity contribution is -0.135. The highest BCUT2D eigenvalue weighted by molar-refractivity contribution is 5.85. The number of para-hydroxylation sites is 1. The average Bonchev–Trinajstić information content (AvgIpc) is 3.31. The number of esters is 1. The Balaban J connectivity index is 1.37. The number of fused-ring (bicyclic) bond motifs is 1. The lowest BCUT2D eigenvalue weighted by atomic mass is 10.0. The standard InChI is InChI=1S/C34H38N2O3/c1-39-34(38)23-22-30(35-33(37)21-11-3-2-6-14-27-15-7-4-8-16-27)24-29-26-36(25-28-17-9-5-10-18-28)32-20-13-12-19-31(29)32/h4-5,7-10,12-13,15-20,22-23,26,30H,2-3,6,11,14,21,24-25H2,1H3,(H,35,37)/t30-/m0/s1. The van der Waals surface area contributed by atoms with Crippen LogP contribution in [-0.2, 0) is 33.7 Å². The van der Waals surface area contributed by atoms with Crippen molar-refractivity contribution in [3.8, 4) is 0 Å². The molecule has 0 saturated carbocycles. The summed E-state index contributed by atoms with van der Waals surface area (Å²) in [7, 11) is 1.36. The van der Waals surface area contributed by atoms with E-state index in [9.17, 15) is 9.59 Å². The van der Waals surface area contributed by atoms with Crippen LogP contribution < -0.4 is 5.32 Å². The van der Waals surface area contributed by atoms with Crippen LogP contribution in [0.5, 0.6) is 0 Å². The van der Waals surface area contributed by atoms with Gasteiger partial charge in [0.15, 0.2) is 0 Å². The number of amides is 1. The third kappa shape index (κ3) is 8.71. The fourth-order valence-corrected chi connectivity index (χ4v) is 4.96. The van der Waals surface area contributed by atoms with Crippen LogP contribution in [0.1, 0.15) is 48.8 Å². The Labute approximate surface area is 231 Å². The second kappa shape index (κ2) is 14.7. The lowest BCUT2D eigenvalue weighted by Gasteiger charge is -2.15. The van der Waals surface area contributed by atoms with Gasteiger partial charge in [-0.15, -0.1) is 0 Å². The van der Waals surface area contributed by atoms with Gasteiger partial charge in [0.25, 0.3) is 0 Å². The molecule has 1 N–H and O–H groups in total. The largest absolute Gasteiger partial charge is 0.466 e. The number of nitrogens with one attached hydrogen (secondary N) is 1. The van der Waals surface area contributed by atoms with Crippen LogP contribution in [0, 0.1) is 0 Å². The topological polar surface area (TPSA) is 60.3 Å². The molecule has 1 amide bonds. The summed E-state index contributed by atoms with van der Waals surface area (Å²) in [5, 5.41) is 4.29. The highest BCUT2D eigenvalue weighted by Crippen LogP contribution is 2.24. The summed E-state index contributed by atoms with van der Waals surface area (Å²) in [5.41, 5.74) is 4.86. The number of aromatic nitrogens is 1. The quantitative estimate of drug-likeness (QED) is 0.115. The minimum Gasteiger partial charge on any atom is -0.466 e. The Bertz CT molecular complexity index is 1360. The number of rotatable bonds is 14. The SMILES string of the molecule is COC(=O)C=C[C@@H](Cc1cn(Cc2ccccc2)c2ccccc12)NC(=O)CCCCCCc1ccccc1. The zero-order valence-corrected chi connectivity index (χ0v) is 22.7. The molecule has 0 bridgehead atoms. The first-order valence-corrected chi connectivity index (χ1v) is 13.8. The van der Waals surface area contributed by atoms with E-state index in [1.54, 1.807) is 6.08 Å². The van der Waals surface area contributed by atoms with Crippen LogP contribution in [0.15, 0.2) is 103 Å². The number of methoxy groups -OCH3 is 1. The van der Waals surface area contributed by atoms with Crippen molar-refractivity contribution in [1.82, 2.24) is 9.88 Å². The summed E-state index contributed by atoms with van der Waals surface area (Å²) in [6.07, 6.45) is 11.5. The maximum atomic E-state index is 12.9. The lowest BCUT2D eigenvalue weighted by Crippen LogP contribution is -2.35. The molecular formula is C34H38N2O3. The minimum absolute atomic E-state index is 0.00518. The molecule has 0 spiro atoms. The molecule has 4 aromatic rings. The molecule has 0 radical (unpaired) electrons. The van der Waals surface area contributed by atoms with E-state index in [-0.39, 0.29) is 11.9 Å². The first kappa shape index (κ1) is 27.9. The van der Waals surface area contributed by atoms with E-state index >= 15 is 0 Å².